The van der Waals surface area contributed by atoms with Gasteiger partial charge in [-0.2, -0.15) is 0 Å². The lowest BCUT2D eigenvalue weighted by Crippen LogP contribution is -2.05. The first-order chi connectivity index (χ1) is 5.72. The van der Waals surface area contributed by atoms with E-state index in [1.807, 2.05) is 26.0 Å². The van der Waals surface area contributed by atoms with Crippen molar-refractivity contribution in [1.29, 1.82) is 0 Å². The van der Waals surface area contributed by atoms with Gasteiger partial charge in [0.2, 0.25) is 0 Å². The summed E-state index contributed by atoms with van der Waals surface area (Å²) in [6.07, 6.45) is 0.246. The van der Waals surface area contributed by atoms with Crippen molar-refractivity contribution in [2.75, 3.05) is 0 Å². The highest BCUT2D eigenvalue weighted by molar-refractivity contribution is 9.08. The fourth-order valence-electron chi connectivity index (χ4n) is 0.974. The molecule has 0 radical (unpaired) electrons. The number of alkyl halides is 1. The van der Waals surface area contributed by atoms with Gasteiger partial charge in [0, 0.05) is 5.33 Å². The van der Waals surface area contributed by atoms with Crippen LogP contribution in [-0.2, 0) is 5.33 Å². The average Bonchev–Trinajstić information content (AvgIpc) is 2.03. The molecule has 0 fully saturated rings. The Morgan fingerprint density at radius 1 is 1.42 bits per heavy atom. The minimum atomic E-state index is 0.246. The molecule has 0 N–H and O–H groups in total. The molecule has 1 nitrogen and oxygen atoms in total. The molecule has 66 valence electrons. The molecule has 0 aromatic heterocycles. The molecular weight excluding hydrogens is 216 g/mol. The zero-order valence-corrected chi connectivity index (χ0v) is 8.97. The van der Waals surface area contributed by atoms with Gasteiger partial charge in [0.15, 0.2) is 0 Å². The molecule has 1 aromatic rings. The normalized spacial score (nSPS) is 10.3. The summed E-state index contributed by atoms with van der Waals surface area (Å²) < 4.78 is 5.54. The summed E-state index contributed by atoms with van der Waals surface area (Å²) in [6, 6.07) is 8.11. The first-order valence-corrected chi connectivity index (χ1v) is 5.16. The maximum absolute atomic E-state index is 5.54. The van der Waals surface area contributed by atoms with E-state index in [-0.39, 0.29) is 6.10 Å². The summed E-state index contributed by atoms with van der Waals surface area (Å²) >= 11 is 3.40. The Balaban J connectivity index is 2.72. The third-order valence-corrected chi connectivity index (χ3v) is 2.07. The van der Waals surface area contributed by atoms with Crippen LogP contribution in [0, 0.1) is 0 Å². The molecule has 0 saturated carbocycles. The number of hydrogen-bond acceptors (Lipinski definition) is 1. The van der Waals surface area contributed by atoms with Gasteiger partial charge in [-0.3, -0.25) is 0 Å². The van der Waals surface area contributed by atoms with E-state index in [2.05, 4.69) is 28.1 Å². The van der Waals surface area contributed by atoms with Gasteiger partial charge in [-0.15, -0.1) is 0 Å². The third-order valence-electron chi connectivity index (χ3n) is 1.42. The number of halogens is 1. The van der Waals surface area contributed by atoms with E-state index in [0.29, 0.717) is 0 Å². The predicted octanol–water partition coefficient (Wildman–Crippen LogP) is 3.37. The molecule has 0 atom stereocenters. The van der Waals surface area contributed by atoms with Crippen molar-refractivity contribution >= 4 is 15.9 Å². The Hall–Kier alpha value is -0.500. The van der Waals surface area contributed by atoms with Gasteiger partial charge in [-0.1, -0.05) is 28.1 Å². The van der Waals surface area contributed by atoms with Crippen LogP contribution in [-0.4, -0.2) is 6.10 Å². The molecule has 0 aliphatic heterocycles. The van der Waals surface area contributed by atoms with Crippen LogP contribution >= 0.6 is 15.9 Å². The van der Waals surface area contributed by atoms with E-state index in [0.717, 1.165) is 11.1 Å². The zero-order chi connectivity index (χ0) is 8.97. The Morgan fingerprint density at radius 3 is 2.75 bits per heavy atom. The van der Waals surface area contributed by atoms with E-state index in [1.54, 1.807) is 0 Å². The molecule has 12 heavy (non-hydrogen) atoms. The minimum Gasteiger partial charge on any atom is -0.491 e. The first kappa shape index (κ1) is 9.59. The van der Waals surface area contributed by atoms with E-state index in [1.165, 1.54) is 5.56 Å². The van der Waals surface area contributed by atoms with E-state index >= 15 is 0 Å². The molecule has 0 saturated heterocycles. The van der Waals surface area contributed by atoms with Gasteiger partial charge < -0.3 is 4.74 Å². The fraction of sp³-hybridized carbons (Fsp3) is 0.400. The Morgan fingerprint density at radius 2 is 2.17 bits per heavy atom. The van der Waals surface area contributed by atoms with Crippen LogP contribution in [0.2, 0.25) is 0 Å². The second-order valence-corrected chi connectivity index (χ2v) is 3.51. The highest BCUT2D eigenvalue weighted by atomic mass is 79.9. The number of rotatable bonds is 3. The minimum absolute atomic E-state index is 0.246. The smallest absolute Gasteiger partial charge is 0.119 e. The van der Waals surface area contributed by atoms with Gasteiger partial charge in [0.05, 0.1) is 6.10 Å². The van der Waals surface area contributed by atoms with Crippen molar-refractivity contribution in [2.45, 2.75) is 25.3 Å². The molecule has 2 heteroatoms. The molecule has 0 unspecified atom stereocenters. The summed E-state index contributed by atoms with van der Waals surface area (Å²) in [5.41, 5.74) is 1.24. The van der Waals surface area contributed by atoms with E-state index in [9.17, 15) is 0 Å². The van der Waals surface area contributed by atoms with Crippen LogP contribution in [0.3, 0.4) is 0 Å². The molecule has 0 spiro atoms. The second-order valence-electron chi connectivity index (χ2n) is 2.95. The van der Waals surface area contributed by atoms with Crippen LogP contribution in [0.5, 0.6) is 5.75 Å². The van der Waals surface area contributed by atoms with Crippen molar-refractivity contribution in [3.8, 4) is 5.75 Å². The average molecular weight is 229 g/mol. The quantitative estimate of drug-likeness (QED) is 0.722. The molecule has 0 aliphatic carbocycles. The lowest BCUT2D eigenvalue weighted by atomic mass is 10.2. The summed E-state index contributed by atoms with van der Waals surface area (Å²) in [5, 5.41) is 0.877. The first-order valence-electron chi connectivity index (χ1n) is 4.04. The van der Waals surface area contributed by atoms with Gasteiger partial charge in [-0.05, 0) is 31.5 Å². The topological polar surface area (TPSA) is 9.23 Å². The molecule has 1 aromatic carbocycles. The van der Waals surface area contributed by atoms with Crippen molar-refractivity contribution < 1.29 is 4.74 Å². The number of hydrogen-bond donors (Lipinski definition) is 0. The number of benzene rings is 1. The van der Waals surface area contributed by atoms with Gasteiger partial charge in [0.1, 0.15) is 5.75 Å². The monoisotopic (exact) mass is 228 g/mol. The summed E-state index contributed by atoms with van der Waals surface area (Å²) in [6.45, 7) is 4.06. The van der Waals surface area contributed by atoms with Gasteiger partial charge in [-0.25, -0.2) is 0 Å². The second kappa shape index (κ2) is 4.51. The summed E-state index contributed by atoms with van der Waals surface area (Å²) in [7, 11) is 0. The van der Waals surface area contributed by atoms with E-state index < -0.39 is 0 Å². The largest absolute Gasteiger partial charge is 0.491 e. The van der Waals surface area contributed by atoms with Crippen LogP contribution in [0.25, 0.3) is 0 Å². The Labute approximate surface area is 81.9 Å². The van der Waals surface area contributed by atoms with Gasteiger partial charge in [0.25, 0.3) is 0 Å². The molecule has 0 aliphatic rings. The standard InChI is InChI=1S/C10H13BrO/c1-8(2)12-10-5-3-4-9(6-10)7-11/h3-6,8H,7H2,1-2H3. The maximum atomic E-state index is 5.54. The van der Waals surface area contributed by atoms with E-state index in [4.69, 9.17) is 4.74 Å². The predicted molar refractivity (Wildman–Crippen MR) is 54.8 cm³/mol. The highest BCUT2D eigenvalue weighted by Crippen LogP contribution is 2.16. The summed E-state index contributed by atoms with van der Waals surface area (Å²) in [4.78, 5) is 0. The van der Waals surface area contributed by atoms with Gasteiger partial charge >= 0.3 is 0 Å². The Kier molecular flexibility index (Phi) is 3.60. The van der Waals surface area contributed by atoms with Crippen LogP contribution in [0.4, 0.5) is 0 Å². The molecule has 0 heterocycles. The third kappa shape index (κ3) is 2.86. The van der Waals surface area contributed by atoms with Crippen molar-refractivity contribution in [2.24, 2.45) is 0 Å². The van der Waals surface area contributed by atoms with Crippen LogP contribution < -0.4 is 4.74 Å². The highest BCUT2D eigenvalue weighted by Gasteiger charge is 1.97. The molecule has 0 amide bonds. The lowest BCUT2D eigenvalue weighted by molar-refractivity contribution is 0.242. The fourth-order valence-corrected chi connectivity index (χ4v) is 1.32. The van der Waals surface area contributed by atoms with Crippen molar-refractivity contribution in [3.63, 3.8) is 0 Å². The summed E-state index contributed by atoms with van der Waals surface area (Å²) in [5.74, 6) is 0.946. The SMILES string of the molecule is CC(C)Oc1cccc(CBr)c1. The van der Waals surface area contributed by atoms with Crippen molar-refractivity contribution in [3.05, 3.63) is 29.8 Å². The molecule has 1 rings (SSSR count). The molecule has 0 bridgehead atoms. The lowest BCUT2D eigenvalue weighted by Gasteiger charge is -2.09. The maximum Gasteiger partial charge on any atom is 0.119 e. The molecular formula is C10H13BrO. The Bertz CT molecular complexity index is 245. The van der Waals surface area contributed by atoms with Crippen molar-refractivity contribution in [1.82, 2.24) is 0 Å². The zero-order valence-electron chi connectivity index (χ0n) is 7.38. The van der Waals surface area contributed by atoms with Crippen LogP contribution in [0.15, 0.2) is 24.3 Å². The number of ether oxygens (including phenoxy) is 1. The van der Waals surface area contributed by atoms with Crippen LogP contribution in [0.1, 0.15) is 19.4 Å².